The average Bonchev–Trinajstić information content (AvgIpc) is 3.12. The van der Waals surface area contributed by atoms with E-state index in [0.717, 1.165) is 23.1 Å². The maximum Gasteiger partial charge on any atom is 0.208 e. The lowest BCUT2D eigenvalue weighted by atomic mass is 10.0. The summed E-state index contributed by atoms with van der Waals surface area (Å²) < 4.78 is 9.69. The van der Waals surface area contributed by atoms with Gasteiger partial charge in [-0.25, -0.2) is 4.99 Å². The van der Waals surface area contributed by atoms with E-state index >= 15 is 0 Å². The summed E-state index contributed by atoms with van der Waals surface area (Å²) in [4.78, 5) is 4.79. The number of ether oxygens (including phenoxy) is 1. The van der Waals surface area contributed by atoms with Gasteiger partial charge in [0.1, 0.15) is 6.73 Å². The van der Waals surface area contributed by atoms with Gasteiger partial charge in [0.05, 0.1) is 30.2 Å². The molecule has 0 saturated carbocycles. The first-order chi connectivity index (χ1) is 15.6. The third-order valence-corrected chi connectivity index (χ3v) is 5.85. The number of benzene rings is 3. The minimum absolute atomic E-state index is 0.0204. The topological polar surface area (TPSA) is 51.7 Å². The number of aliphatic hydroxyl groups excluding tert-OH is 1. The fourth-order valence-corrected chi connectivity index (χ4v) is 4.15. The molecule has 166 valence electrons. The van der Waals surface area contributed by atoms with Gasteiger partial charge in [-0.1, -0.05) is 71.8 Å². The molecule has 0 spiro atoms. The quantitative estimate of drug-likeness (QED) is 0.452. The smallest absolute Gasteiger partial charge is 0.208 e. The van der Waals surface area contributed by atoms with Crippen molar-refractivity contribution < 1.29 is 9.84 Å². The summed E-state index contributed by atoms with van der Waals surface area (Å²) in [5, 5.41) is 10.4. The van der Waals surface area contributed by atoms with E-state index in [0.29, 0.717) is 6.54 Å². The zero-order valence-electron chi connectivity index (χ0n) is 19.0. The number of aliphatic hydroxyl groups is 1. The van der Waals surface area contributed by atoms with Crippen molar-refractivity contribution >= 4 is 11.0 Å². The van der Waals surface area contributed by atoms with Crippen LogP contribution in [0.1, 0.15) is 28.3 Å². The number of aromatic nitrogens is 2. The van der Waals surface area contributed by atoms with Crippen LogP contribution in [0.15, 0.2) is 77.8 Å². The van der Waals surface area contributed by atoms with E-state index in [9.17, 15) is 5.11 Å². The Morgan fingerprint density at radius 2 is 1.44 bits per heavy atom. The van der Waals surface area contributed by atoms with Gasteiger partial charge < -0.3 is 19.0 Å². The summed E-state index contributed by atoms with van der Waals surface area (Å²) in [6, 6.07) is 25.2. The molecule has 0 saturated heterocycles. The lowest BCUT2D eigenvalue weighted by Crippen LogP contribution is -2.32. The summed E-state index contributed by atoms with van der Waals surface area (Å²) in [5.74, 6) is 0. The van der Waals surface area contributed by atoms with Crippen LogP contribution in [0.5, 0.6) is 0 Å². The van der Waals surface area contributed by atoms with Crippen LogP contribution in [0.25, 0.3) is 11.0 Å². The minimum Gasteiger partial charge on any atom is -0.394 e. The van der Waals surface area contributed by atoms with E-state index < -0.39 is 0 Å². The Labute approximate surface area is 189 Å². The summed E-state index contributed by atoms with van der Waals surface area (Å²) in [7, 11) is 1.65. The van der Waals surface area contributed by atoms with Crippen LogP contribution in [-0.4, -0.2) is 34.7 Å². The minimum atomic E-state index is -0.141. The molecule has 0 aliphatic heterocycles. The first-order valence-corrected chi connectivity index (χ1v) is 11.0. The molecule has 0 aliphatic carbocycles. The molecule has 0 aliphatic rings. The second-order valence-corrected chi connectivity index (χ2v) is 8.33. The Balaban J connectivity index is 1.86. The highest BCUT2D eigenvalue weighted by atomic mass is 16.5. The van der Waals surface area contributed by atoms with Gasteiger partial charge in [-0.3, -0.25) is 0 Å². The van der Waals surface area contributed by atoms with E-state index in [1.165, 1.54) is 22.3 Å². The zero-order valence-corrected chi connectivity index (χ0v) is 19.0. The van der Waals surface area contributed by atoms with Crippen molar-refractivity contribution in [3.8, 4) is 0 Å². The molecular weight excluding hydrogens is 398 g/mol. The van der Waals surface area contributed by atoms with Crippen molar-refractivity contribution in [3.05, 3.63) is 101 Å². The number of para-hydroxylation sites is 2. The molecule has 3 aromatic carbocycles. The van der Waals surface area contributed by atoms with Crippen molar-refractivity contribution in [1.82, 2.24) is 9.13 Å². The summed E-state index contributed by atoms with van der Waals surface area (Å²) in [5.41, 5.74) is 7.81. The molecule has 0 radical (unpaired) electrons. The largest absolute Gasteiger partial charge is 0.394 e. The van der Waals surface area contributed by atoms with Crippen molar-refractivity contribution in [2.75, 3.05) is 20.4 Å². The highest BCUT2D eigenvalue weighted by molar-refractivity contribution is 5.76. The lowest BCUT2D eigenvalue weighted by molar-refractivity contribution is 0.199. The second-order valence-electron chi connectivity index (χ2n) is 8.33. The van der Waals surface area contributed by atoms with Gasteiger partial charge in [0, 0.05) is 7.11 Å². The van der Waals surface area contributed by atoms with E-state index in [1.807, 2.05) is 12.1 Å². The summed E-state index contributed by atoms with van der Waals surface area (Å²) in [6.07, 6.45) is 0.718. The second kappa shape index (κ2) is 9.98. The van der Waals surface area contributed by atoms with Crippen LogP contribution < -0.4 is 5.62 Å². The van der Waals surface area contributed by atoms with Crippen LogP contribution >= 0.6 is 0 Å². The molecule has 1 atom stereocenters. The zero-order chi connectivity index (χ0) is 22.5. The van der Waals surface area contributed by atoms with E-state index in [-0.39, 0.29) is 19.4 Å². The Hall–Kier alpha value is -3.15. The first-order valence-electron chi connectivity index (χ1n) is 11.0. The van der Waals surface area contributed by atoms with Crippen LogP contribution in [0.3, 0.4) is 0 Å². The molecule has 1 N–H and O–H groups in total. The molecular formula is C27H31N3O2. The molecule has 4 aromatic rings. The Bertz CT molecular complexity index is 1230. The van der Waals surface area contributed by atoms with Gasteiger partial charge in [0.2, 0.25) is 5.62 Å². The Morgan fingerprint density at radius 3 is 2.03 bits per heavy atom. The normalized spacial score (nSPS) is 13.1. The van der Waals surface area contributed by atoms with Crippen LogP contribution in [0.4, 0.5) is 0 Å². The molecule has 4 rings (SSSR count). The highest BCUT2D eigenvalue weighted by Crippen LogP contribution is 2.22. The maximum absolute atomic E-state index is 10.4. The van der Waals surface area contributed by atoms with Gasteiger partial charge in [-0.15, -0.1) is 0 Å². The predicted molar refractivity (Wildman–Crippen MR) is 129 cm³/mol. The van der Waals surface area contributed by atoms with Crippen molar-refractivity contribution in [1.29, 1.82) is 0 Å². The van der Waals surface area contributed by atoms with Gasteiger partial charge in [0.15, 0.2) is 0 Å². The number of aryl methyl sites for hydroxylation is 2. The number of imidazole rings is 1. The van der Waals surface area contributed by atoms with E-state index in [1.54, 1.807) is 7.11 Å². The van der Waals surface area contributed by atoms with E-state index in [2.05, 4.69) is 83.6 Å². The maximum atomic E-state index is 10.4. The van der Waals surface area contributed by atoms with E-state index in [4.69, 9.17) is 9.73 Å². The van der Waals surface area contributed by atoms with Crippen LogP contribution in [0.2, 0.25) is 0 Å². The Morgan fingerprint density at radius 1 is 0.844 bits per heavy atom. The highest BCUT2D eigenvalue weighted by Gasteiger charge is 2.19. The van der Waals surface area contributed by atoms with Crippen LogP contribution in [0, 0.1) is 13.8 Å². The third-order valence-electron chi connectivity index (χ3n) is 5.85. The standard InChI is InChI=1S/C27H31N3O2/c1-20-8-12-22(13-9-20)16-24(18-31)30-26-7-5-4-6-25(26)29(27(30)28-19-32-3)17-23-14-10-21(2)11-15-23/h4-15,24,31H,16-19H2,1-3H3. The SMILES string of the molecule is COCN=c1n(Cc2ccc(C)cc2)c2ccccc2n1C(CO)Cc1ccc(C)cc1. The molecule has 0 bridgehead atoms. The number of nitrogens with zero attached hydrogens (tertiary/aromatic N) is 3. The molecule has 5 heteroatoms. The van der Waals surface area contributed by atoms with Gasteiger partial charge in [0.25, 0.3) is 0 Å². The lowest BCUT2D eigenvalue weighted by Gasteiger charge is -2.18. The van der Waals surface area contributed by atoms with Crippen molar-refractivity contribution in [2.24, 2.45) is 4.99 Å². The molecule has 32 heavy (non-hydrogen) atoms. The fraction of sp³-hybridized carbons (Fsp3) is 0.296. The third kappa shape index (κ3) is 4.69. The number of fused-ring (bicyclic) bond motifs is 1. The van der Waals surface area contributed by atoms with Crippen molar-refractivity contribution in [2.45, 2.75) is 32.9 Å². The van der Waals surface area contributed by atoms with Gasteiger partial charge in [-0.2, -0.15) is 0 Å². The summed E-state index contributed by atoms with van der Waals surface area (Å²) >= 11 is 0. The average molecular weight is 430 g/mol. The van der Waals surface area contributed by atoms with Crippen LogP contribution in [-0.2, 0) is 17.7 Å². The fourth-order valence-electron chi connectivity index (χ4n) is 4.15. The molecule has 5 nitrogen and oxygen atoms in total. The number of methoxy groups -OCH3 is 1. The molecule has 1 heterocycles. The first kappa shape index (κ1) is 22.1. The molecule has 0 fully saturated rings. The van der Waals surface area contributed by atoms with Gasteiger partial charge in [-0.05, 0) is 43.5 Å². The van der Waals surface area contributed by atoms with Crippen molar-refractivity contribution in [3.63, 3.8) is 0 Å². The van der Waals surface area contributed by atoms with Gasteiger partial charge >= 0.3 is 0 Å². The number of hydrogen-bond donors (Lipinski definition) is 1. The molecule has 1 aromatic heterocycles. The number of hydrogen-bond acceptors (Lipinski definition) is 3. The monoisotopic (exact) mass is 429 g/mol. The number of rotatable bonds is 8. The molecule has 1 unspecified atom stereocenters. The summed E-state index contributed by atoms with van der Waals surface area (Å²) in [6.45, 7) is 5.15. The predicted octanol–water partition coefficient (Wildman–Crippen LogP) is 4.39. The Kier molecular flexibility index (Phi) is 6.88. The molecule has 0 amide bonds.